The highest BCUT2D eigenvalue weighted by molar-refractivity contribution is 7.90. The zero-order valence-corrected chi connectivity index (χ0v) is 22.3. The van der Waals surface area contributed by atoms with Crippen molar-refractivity contribution in [1.29, 1.82) is 0 Å². The molecule has 4 aromatic rings. The maximum Gasteiger partial charge on any atom is 0.241 e. The van der Waals surface area contributed by atoms with Gasteiger partial charge in [0.05, 0.1) is 15.8 Å². The molecule has 4 rings (SSSR count). The molecule has 6 nitrogen and oxygen atoms in total. The van der Waals surface area contributed by atoms with Crippen LogP contribution in [0.5, 0.6) is 0 Å². The van der Waals surface area contributed by atoms with Crippen molar-refractivity contribution in [2.24, 2.45) is 0 Å². The Balaban J connectivity index is 1.77. The number of rotatable bonds is 10. The highest BCUT2D eigenvalue weighted by Crippen LogP contribution is 2.25. The molecule has 0 aliphatic carbocycles. The van der Waals surface area contributed by atoms with E-state index in [0.29, 0.717) is 5.56 Å². The van der Waals surface area contributed by atoms with Crippen molar-refractivity contribution in [1.82, 2.24) is 9.44 Å². The molecular formula is C29H30N2O4S2. The number of nitrogens with one attached hydrogen (secondary N) is 2. The van der Waals surface area contributed by atoms with E-state index in [-0.39, 0.29) is 16.2 Å². The van der Waals surface area contributed by atoms with Crippen molar-refractivity contribution in [3.63, 3.8) is 0 Å². The average Bonchev–Trinajstić information content (AvgIpc) is 2.88. The Bertz CT molecular complexity index is 1520. The minimum atomic E-state index is -3.97. The lowest BCUT2D eigenvalue weighted by Crippen LogP contribution is -2.47. The Morgan fingerprint density at radius 1 is 0.568 bits per heavy atom. The van der Waals surface area contributed by atoms with E-state index in [1.165, 1.54) is 0 Å². The second-order valence-electron chi connectivity index (χ2n) is 9.05. The van der Waals surface area contributed by atoms with Gasteiger partial charge in [-0.1, -0.05) is 96.1 Å². The van der Waals surface area contributed by atoms with Gasteiger partial charge in [-0.3, -0.25) is 0 Å². The monoisotopic (exact) mass is 534 g/mol. The van der Waals surface area contributed by atoms with Gasteiger partial charge in [-0.15, -0.1) is 0 Å². The van der Waals surface area contributed by atoms with Gasteiger partial charge in [0.1, 0.15) is 0 Å². The van der Waals surface area contributed by atoms with Crippen molar-refractivity contribution < 1.29 is 16.8 Å². The fourth-order valence-electron chi connectivity index (χ4n) is 4.08. The van der Waals surface area contributed by atoms with E-state index < -0.39 is 32.1 Å². The minimum Gasteiger partial charge on any atom is -0.207 e. The molecule has 37 heavy (non-hydrogen) atoms. The molecule has 0 radical (unpaired) electrons. The second kappa shape index (κ2) is 11.4. The molecule has 0 aliphatic rings. The van der Waals surface area contributed by atoms with Crippen LogP contribution in [0, 0.1) is 13.8 Å². The molecular weight excluding hydrogens is 504 g/mol. The van der Waals surface area contributed by atoms with Gasteiger partial charge in [0.15, 0.2) is 0 Å². The molecule has 0 saturated heterocycles. The summed E-state index contributed by atoms with van der Waals surface area (Å²) < 4.78 is 59.5. The van der Waals surface area contributed by atoms with E-state index in [1.807, 2.05) is 50.2 Å². The quantitative estimate of drug-likeness (QED) is 0.302. The molecule has 0 amide bonds. The van der Waals surface area contributed by atoms with Gasteiger partial charge in [0.25, 0.3) is 0 Å². The summed E-state index contributed by atoms with van der Waals surface area (Å²) in [6.07, 6.45) is 0.266. The first-order valence-corrected chi connectivity index (χ1v) is 14.9. The van der Waals surface area contributed by atoms with Crippen molar-refractivity contribution in [3.8, 4) is 0 Å². The Morgan fingerprint density at radius 3 is 1.49 bits per heavy atom. The molecule has 4 aromatic carbocycles. The molecule has 192 valence electrons. The van der Waals surface area contributed by atoms with Crippen molar-refractivity contribution in [3.05, 3.63) is 131 Å². The lowest BCUT2D eigenvalue weighted by atomic mass is 9.95. The molecule has 0 fully saturated rings. The van der Waals surface area contributed by atoms with Crippen LogP contribution >= 0.6 is 0 Å². The summed E-state index contributed by atoms with van der Waals surface area (Å²) in [6, 6.07) is 29.8. The molecule has 2 atom stereocenters. The summed E-state index contributed by atoms with van der Waals surface area (Å²) in [7, 11) is -7.93. The molecule has 0 spiro atoms. The highest BCUT2D eigenvalue weighted by Gasteiger charge is 2.32. The fourth-order valence-corrected chi connectivity index (χ4v) is 6.59. The van der Waals surface area contributed by atoms with E-state index in [1.54, 1.807) is 72.8 Å². The minimum absolute atomic E-state index is 0.110. The van der Waals surface area contributed by atoms with Gasteiger partial charge in [-0.2, -0.15) is 0 Å². The lowest BCUT2D eigenvalue weighted by Gasteiger charge is -2.29. The predicted octanol–water partition coefficient (Wildman–Crippen LogP) is 4.91. The Labute approximate surface area is 219 Å². The predicted molar refractivity (Wildman–Crippen MR) is 146 cm³/mol. The van der Waals surface area contributed by atoms with Gasteiger partial charge in [-0.25, -0.2) is 26.3 Å². The van der Waals surface area contributed by atoms with Gasteiger partial charge in [0, 0.05) is 6.04 Å². The van der Waals surface area contributed by atoms with Crippen molar-refractivity contribution >= 4 is 20.0 Å². The Morgan fingerprint density at radius 2 is 1.00 bits per heavy atom. The SMILES string of the molecule is Cc1ccc(S(=O)(=O)N[C@@H](Cc2ccccc2)[C@H](NS(=O)(=O)c2ccc(C)cc2)c2ccccc2)cc1. The highest BCUT2D eigenvalue weighted by atomic mass is 32.2. The third-order valence-corrected chi connectivity index (χ3v) is 9.07. The van der Waals surface area contributed by atoms with Crippen LogP contribution in [0.2, 0.25) is 0 Å². The summed E-state index contributed by atoms with van der Waals surface area (Å²) in [5.41, 5.74) is 3.39. The van der Waals surface area contributed by atoms with Crippen LogP contribution in [-0.2, 0) is 26.5 Å². The first-order chi connectivity index (χ1) is 17.6. The summed E-state index contributed by atoms with van der Waals surface area (Å²) in [4.78, 5) is 0.225. The molecule has 2 N–H and O–H groups in total. The first kappa shape index (κ1) is 26.8. The van der Waals surface area contributed by atoms with Crippen LogP contribution in [0.25, 0.3) is 0 Å². The van der Waals surface area contributed by atoms with Crippen LogP contribution in [0.1, 0.15) is 28.3 Å². The van der Waals surface area contributed by atoms with Gasteiger partial charge in [0.2, 0.25) is 20.0 Å². The van der Waals surface area contributed by atoms with E-state index in [2.05, 4.69) is 9.44 Å². The van der Waals surface area contributed by atoms with E-state index in [0.717, 1.165) is 16.7 Å². The van der Waals surface area contributed by atoms with Gasteiger partial charge >= 0.3 is 0 Å². The maximum atomic E-state index is 13.5. The molecule has 0 heterocycles. The normalized spacial score (nSPS) is 13.7. The summed E-state index contributed by atoms with van der Waals surface area (Å²) in [5.74, 6) is 0. The standard InChI is InChI=1S/C29H30N2O4S2/c1-22-13-17-26(18-14-22)36(32,33)30-28(21-24-9-5-3-6-10-24)29(25-11-7-4-8-12-25)31-37(34,35)27-19-15-23(2)16-20-27/h3-20,28-31H,21H2,1-2H3/t28-,29+/m0/s1. The molecule has 0 saturated carbocycles. The third-order valence-electron chi connectivity index (χ3n) is 6.11. The van der Waals surface area contributed by atoms with Crippen LogP contribution in [-0.4, -0.2) is 22.9 Å². The molecule has 0 aliphatic heterocycles. The van der Waals surface area contributed by atoms with Crippen LogP contribution < -0.4 is 9.44 Å². The third kappa shape index (κ3) is 6.93. The molecule has 0 aromatic heterocycles. The number of aryl methyl sites for hydroxylation is 2. The van der Waals surface area contributed by atoms with Crippen LogP contribution in [0.15, 0.2) is 119 Å². The second-order valence-corrected chi connectivity index (χ2v) is 12.5. The zero-order chi connectivity index (χ0) is 26.5. The fraction of sp³-hybridized carbons (Fsp3) is 0.172. The summed E-state index contributed by atoms with van der Waals surface area (Å²) in [6.45, 7) is 3.76. The van der Waals surface area contributed by atoms with E-state index in [4.69, 9.17) is 0 Å². The number of hydrogen-bond acceptors (Lipinski definition) is 4. The van der Waals surface area contributed by atoms with Gasteiger partial charge < -0.3 is 0 Å². The largest absolute Gasteiger partial charge is 0.241 e. The van der Waals surface area contributed by atoms with E-state index in [9.17, 15) is 16.8 Å². The Kier molecular flexibility index (Phi) is 8.24. The number of sulfonamides is 2. The number of hydrogen-bond donors (Lipinski definition) is 2. The lowest BCUT2D eigenvalue weighted by molar-refractivity contribution is 0.451. The van der Waals surface area contributed by atoms with Crippen molar-refractivity contribution in [2.45, 2.75) is 42.1 Å². The molecule has 0 bridgehead atoms. The van der Waals surface area contributed by atoms with Gasteiger partial charge in [-0.05, 0) is 55.7 Å². The smallest absolute Gasteiger partial charge is 0.207 e. The summed E-state index contributed by atoms with van der Waals surface area (Å²) >= 11 is 0. The summed E-state index contributed by atoms with van der Waals surface area (Å²) in [5, 5.41) is 0. The van der Waals surface area contributed by atoms with Crippen molar-refractivity contribution in [2.75, 3.05) is 0 Å². The first-order valence-electron chi connectivity index (χ1n) is 11.9. The van der Waals surface area contributed by atoms with Crippen LogP contribution in [0.4, 0.5) is 0 Å². The number of benzene rings is 4. The Hall–Kier alpha value is -3.30. The maximum absolute atomic E-state index is 13.5. The van der Waals surface area contributed by atoms with Crippen LogP contribution in [0.3, 0.4) is 0 Å². The topological polar surface area (TPSA) is 92.3 Å². The average molecular weight is 535 g/mol. The van der Waals surface area contributed by atoms with E-state index >= 15 is 0 Å². The molecule has 8 heteroatoms. The molecule has 0 unspecified atom stereocenters. The zero-order valence-electron chi connectivity index (χ0n) is 20.7.